The summed E-state index contributed by atoms with van der Waals surface area (Å²) in [6, 6.07) is 11.9. The van der Waals surface area contributed by atoms with Gasteiger partial charge in [-0.1, -0.05) is 17.7 Å². The van der Waals surface area contributed by atoms with E-state index in [-0.39, 0.29) is 17.2 Å². The number of anilines is 1. The smallest absolute Gasteiger partial charge is 0.243 e. The molecule has 1 aliphatic rings. The Balaban J connectivity index is 1.55. The van der Waals surface area contributed by atoms with Gasteiger partial charge in [0.2, 0.25) is 15.9 Å². The summed E-state index contributed by atoms with van der Waals surface area (Å²) in [5.41, 5.74) is 1.09. The van der Waals surface area contributed by atoms with Crippen LogP contribution < -0.4 is 10.1 Å². The summed E-state index contributed by atoms with van der Waals surface area (Å²) in [6.07, 6.45) is 0.784. The minimum Gasteiger partial charge on any atom is -0.494 e. The molecular weight excluding hydrogens is 428 g/mol. The van der Waals surface area contributed by atoms with Crippen molar-refractivity contribution in [1.82, 2.24) is 4.31 Å². The highest BCUT2D eigenvalue weighted by Crippen LogP contribution is 2.24. The van der Waals surface area contributed by atoms with Crippen LogP contribution in [0.1, 0.15) is 18.4 Å². The molecule has 1 N–H and O–H groups in total. The first-order valence-electron chi connectivity index (χ1n) is 9.73. The maximum Gasteiger partial charge on any atom is 0.243 e. The predicted octanol–water partition coefficient (Wildman–Crippen LogP) is 3.47. The van der Waals surface area contributed by atoms with Crippen molar-refractivity contribution in [3.8, 4) is 5.75 Å². The monoisotopic (exact) mass is 452 g/mol. The van der Waals surface area contributed by atoms with Crippen molar-refractivity contribution < 1.29 is 22.7 Å². The van der Waals surface area contributed by atoms with Crippen molar-refractivity contribution in [3.05, 3.63) is 53.1 Å². The fraction of sp³-hybridized carbons (Fsp3) is 0.381. The average Bonchev–Trinajstić information content (AvgIpc) is 2.74. The number of ether oxygens (including phenoxy) is 2. The number of hydrogen-bond acceptors (Lipinski definition) is 5. The van der Waals surface area contributed by atoms with E-state index in [0.29, 0.717) is 61.4 Å². The van der Waals surface area contributed by atoms with Crippen LogP contribution in [0.4, 0.5) is 5.69 Å². The predicted molar refractivity (Wildman–Crippen MR) is 116 cm³/mol. The number of halogens is 1. The molecule has 1 fully saturated rings. The van der Waals surface area contributed by atoms with Gasteiger partial charge in [0.15, 0.2) is 0 Å². The molecule has 2 aromatic carbocycles. The maximum absolute atomic E-state index is 12.9. The van der Waals surface area contributed by atoms with E-state index < -0.39 is 10.0 Å². The van der Waals surface area contributed by atoms with Crippen LogP contribution in [-0.2, 0) is 19.6 Å². The molecule has 0 radical (unpaired) electrons. The molecule has 1 amide bonds. The van der Waals surface area contributed by atoms with Crippen molar-refractivity contribution in [3.63, 3.8) is 0 Å². The van der Waals surface area contributed by atoms with Crippen LogP contribution in [0.25, 0.3) is 0 Å². The standard InChI is InChI=1S/C21H25ClN2O5S/c1-16-4-7-18(15-20(16)30(26,27)24-10-13-28-14-11-24)23-21(25)3-2-12-29-19-8-5-17(22)6-9-19/h4-9,15H,2-3,10-14H2,1H3,(H,23,25). The first-order chi connectivity index (χ1) is 14.4. The highest BCUT2D eigenvalue weighted by Gasteiger charge is 2.28. The lowest BCUT2D eigenvalue weighted by Crippen LogP contribution is -2.40. The number of benzene rings is 2. The number of carbonyl (C=O) groups is 1. The first kappa shape index (κ1) is 22.6. The third-order valence-corrected chi connectivity index (χ3v) is 6.98. The zero-order valence-electron chi connectivity index (χ0n) is 16.8. The van der Waals surface area contributed by atoms with Crippen molar-refractivity contribution in [1.29, 1.82) is 0 Å². The van der Waals surface area contributed by atoms with E-state index in [1.54, 1.807) is 43.3 Å². The van der Waals surface area contributed by atoms with Gasteiger partial charge in [0.1, 0.15) is 5.75 Å². The molecule has 0 bridgehead atoms. The van der Waals surface area contributed by atoms with E-state index in [4.69, 9.17) is 21.1 Å². The summed E-state index contributed by atoms with van der Waals surface area (Å²) in [4.78, 5) is 12.5. The van der Waals surface area contributed by atoms with Crippen LogP contribution in [-0.4, -0.2) is 51.5 Å². The molecule has 0 unspecified atom stereocenters. The number of aryl methyl sites for hydroxylation is 1. The summed E-state index contributed by atoms with van der Waals surface area (Å²) in [7, 11) is -3.63. The quantitative estimate of drug-likeness (QED) is 0.620. The van der Waals surface area contributed by atoms with Gasteiger partial charge in [0.25, 0.3) is 0 Å². The minimum atomic E-state index is -3.63. The second kappa shape index (κ2) is 10.3. The van der Waals surface area contributed by atoms with Crippen molar-refractivity contribution >= 4 is 33.2 Å². The minimum absolute atomic E-state index is 0.201. The third kappa shape index (κ3) is 5.95. The van der Waals surface area contributed by atoms with E-state index in [1.807, 2.05) is 0 Å². The molecule has 7 nitrogen and oxygen atoms in total. The van der Waals surface area contributed by atoms with Gasteiger partial charge in [-0.2, -0.15) is 4.31 Å². The Morgan fingerprint density at radius 1 is 1.17 bits per heavy atom. The number of nitrogens with zero attached hydrogens (tertiary/aromatic N) is 1. The lowest BCUT2D eigenvalue weighted by atomic mass is 10.2. The molecule has 0 aromatic heterocycles. The van der Waals surface area contributed by atoms with E-state index in [1.165, 1.54) is 10.4 Å². The lowest BCUT2D eigenvalue weighted by molar-refractivity contribution is -0.116. The molecule has 0 aliphatic carbocycles. The van der Waals surface area contributed by atoms with E-state index >= 15 is 0 Å². The molecule has 0 atom stereocenters. The Hall–Kier alpha value is -2.13. The van der Waals surface area contributed by atoms with Crippen LogP contribution in [0.2, 0.25) is 5.02 Å². The first-order valence-corrected chi connectivity index (χ1v) is 11.5. The molecule has 1 heterocycles. The van der Waals surface area contributed by atoms with E-state index in [2.05, 4.69) is 5.32 Å². The highest BCUT2D eigenvalue weighted by molar-refractivity contribution is 7.89. The Morgan fingerprint density at radius 3 is 2.57 bits per heavy atom. The number of amides is 1. The number of hydrogen-bond donors (Lipinski definition) is 1. The largest absolute Gasteiger partial charge is 0.494 e. The highest BCUT2D eigenvalue weighted by atomic mass is 35.5. The summed E-state index contributed by atoms with van der Waals surface area (Å²) >= 11 is 5.83. The van der Waals surface area contributed by atoms with Gasteiger partial charge in [-0.3, -0.25) is 4.79 Å². The molecule has 3 rings (SSSR count). The average molecular weight is 453 g/mol. The SMILES string of the molecule is Cc1ccc(NC(=O)CCCOc2ccc(Cl)cc2)cc1S(=O)(=O)N1CCOCC1. The van der Waals surface area contributed by atoms with Gasteiger partial charge in [0, 0.05) is 30.2 Å². The van der Waals surface area contributed by atoms with E-state index in [9.17, 15) is 13.2 Å². The molecule has 0 spiro atoms. The molecule has 30 heavy (non-hydrogen) atoms. The number of morpholine rings is 1. The molecule has 1 aliphatic heterocycles. The molecule has 2 aromatic rings. The van der Waals surface area contributed by atoms with Crippen LogP contribution in [0.5, 0.6) is 5.75 Å². The molecular formula is C21H25ClN2O5S. The number of rotatable bonds is 8. The number of sulfonamides is 1. The van der Waals surface area contributed by atoms with Crippen molar-refractivity contribution in [2.45, 2.75) is 24.7 Å². The second-order valence-electron chi connectivity index (χ2n) is 6.95. The van der Waals surface area contributed by atoms with Gasteiger partial charge in [-0.25, -0.2) is 8.42 Å². The normalized spacial score (nSPS) is 15.0. The molecule has 0 saturated carbocycles. The van der Waals surface area contributed by atoms with Gasteiger partial charge >= 0.3 is 0 Å². The van der Waals surface area contributed by atoms with Crippen LogP contribution in [0.3, 0.4) is 0 Å². The van der Waals surface area contributed by atoms with Gasteiger partial charge in [-0.05, 0) is 55.3 Å². The molecule has 1 saturated heterocycles. The van der Waals surface area contributed by atoms with Gasteiger partial charge < -0.3 is 14.8 Å². The lowest BCUT2D eigenvalue weighted by Gasteiger charge is -2.26. The van der Waals surface area contributed by atoms with Crippen molar-refractivity contribution in [2.24, 2.45) is 0 Å². The zero-order chi connectivity index (χ0) is 21.6. The maximum atomic E-state index is 12.9. The Labute approximate surface area is 182 Å². The third-order valence-electron chi connectivity index (χ3n) is 4.69. The zero-order valence-corrected chi connectivity index (χ0v) is 18.3. The van der Waals surface area contributed by atoms with E-state index in [0.717, 1.165) is 0 Å². The molecule has 162 valence electrons. The molecule has 9 heteroatoms. The summed E-state index contributed by atoms with van der Waals surface area (Å²) in [5.74, 6) is 0.490. The fourth-order valence-corrected chi connectivity index (χ4v) is 4.84. The summed E-state index contributed by atoms with van der Waals surface area (Å²) in [5, 5.41) is 3.41. The summed E-state index contributed by atoms with van der Waals surface area (Å²) in [6.45, 7) is 3.55. The summed E-state index contributed by atoms with van der Waals surface area (Å²) < 4.78 is 38.1. The van der Waals surface area contributed by atoms with Crippen LogP contribution >= 0.6 is 11.6 Å². The van der Waals surface area contributed by atoms with Gasteiger partial charge in [0.05, 0.1) is 24.7 Å². The Kier molecular flexibility index (Phi) is 7.71. The second-order valence-corrected chi connectivity index (χ2v) is 9.29. The van der Waals surface area contributed by atoms with Crippen molar-refractivity contribution in [2.75, 3.05) is 38.2 Å². The van der Waals surface area contributed by atoms with Gasteiger partial charge in [-0.15, -0.1) is 0 Å². The van der Waals surface area contributed by atoms with Crippen LogP contribution in [0.15, 0.2) is 47.4 Å². The van der Waals surface area contributed by atoms with Crippen LogP contribution in [0, 0.1) is 6.92 Å². The Morgan fingerprint density at radius 2 is 1.87 bits per heavy atom. The number of nitrogens with one attached hydrogen (secondary N) is 1. The fourth-order valence-electron chi connectivity index (χ4n) is 3.06. The number of carbonyl (C=O) groups excluding carboxylic acids is 1. The topological polar surface area (TPSA) is 84.9 Å². The Bertz CT molecular complexity index is 973.